The molecule has 4 heteroatoms. The highest BCUT2D eigenvalue weighted by Crippen LogP contribution is 2.41. The van der Waals surface area contributed by atoms with Gasteiger partial charge in [-0.25, -0.2) is 0 Å². The molecule has 0 aromatic heterocycles. The Morgan fingerprint density at radius 3 is 2.43 bits per heavy atom. The number of carbonyl (C=O) groups excluding carboxylic acids is 1. The monoisotopic (exact) mass is 310 g/mol. The first-order valence-corrected chi connectivity index (χ1v) is 11.1. The molecule has 0 aliphatic carbocycles. The van der Waals surface area contributed by atoms with Gasteiger partial charge in [0.25, 0.3) is 0 Å². The van der Waals surface area contributed by atoms with Crippen LogP contribution in [0.4, 0.5) is 0 Å². The minimum absolute atomic E-state index is 0.0188. The molecule has 0 spiro atoms. The molecule has 0 amide bonds. The zero-order valence-corrected chi connectivity index (χ0v) is 15.3. The summed E-state index contributed by atoms with van der Waals surface area (Å²) >= 11 is 0. The topological polar surface area (TPSA) is 35.5 Å². The lowest BCUT2D eigenvalue weighted by Gasteiger charge is -2.43. The fraction of sp³-hybridized carbons (Fsp3) is 0.824. The van der Waals surface area contributed by atoms with Gasteiger partial charge in [0.1, 0.15) is 12.2 Å². The number of carbonyl (C=O) groups is 1. The van der Waals surface area contributed by atoms with E-state index in [9.17, 15) is 4.79 Å². The van der Waals surface area contributed by atoms with Crippen molar-refractivity contribution in [3.63, 3.8) is 0 Å². The van der Waals surface area contributed by atoms with Gasteiger partial charge in [-0.3, -0.25) is 4.79 Å². The highest BCUT2D eigenvalue weighted by atomic mass is 28.4. The molecule has 2 aliphatic heterocycles. The molecule has 0 saturated carbocycles. The molecule has 4 atom stereocenters. The Bertz CT molecular complexity index is 422. The zero-order chi connectivity index (χ0) is 15.8. The Kier molecular flexibility index (Phi) is 4.81. The van der Waals surface area contributed by atoms with Gasteiger partial charge in [-0.15, -0.1) is 0 Å². The maximum atomic E-state index is 12.9. The van der Waals surface area contributed by atoms with Crippen LogP contribution in [0.3, 0.4) is 0 Å². The lowest BCUT2D eigenvalue weighted by Crippen LogP contribution is -2.55. The lowest BCUT2D eigenvalue weighted by molar-refractivity contribution is -0.153. The highest BCUT2D eigenvalue weighted by Gasteiger charge is 2.50. The van der Waals surface area contributed by atoms with Crippen molar-refractivity contribution in [2.45, 2.75) is 83.4 Å². The average molecular weight is 311 g/mol. The van der Waals surface area contributed by atoms with Crippen molar-refractivity contribution < 1.29 is 14.0 Å². The van der Waals surface area contributed by atoms with Gasteiger partial charge >= 0.3 is 0 Å². The Balaban J connectivity index is 2.15. The van der Waals surface area contributed by atoms with Crippen LogP contribution in [-0.2, 0) is 14.0 Å². The molecule has 0 aromatic rings. The van der Waals surface area contributed by atoms with Gasteiger partial charge in [0.2, 0.25) is 0 Å². The standard InChI is InChI=1S/C17H30O3Si/c1-7-8-9-12-13-10-11-14(19-13)16(15(12)18)20-21(5,6)17(2,3)4/h10-14,16H,7-9H2,1-6H3/t12-,13+,14-,16+/m1/s1. The summed E-state index contributed by atoms with van der Waals surface area (Å²) in [5.41, 5.74) is 0. The molecule has 2 bridgehead atoms. The summed E-state index contributed by atoms with van der Waals surface area (Å²) in [4.78, 5) is 12.9. The van der Waals surface area contributed by atoms with Crippen molar-refractivity contribution in [1.82, 2.24) is 0 Å². The molecule has 2 heterocycles. The Morgan fingerprint density at radius 2 is 1.86 bits per heavy atom. The van der Waals surface area contributed by atoms with Crippen LogP contribution in [0.25, 0.3) is 0 Å². The van der Waals surface area contributed by atoms with Crippen LogP contribution in [0.5, 0.6) is 0 Å². The molecule has 21 heavy (non-hydrogen) atoms. The minimum atomic E-state index is -1.97. The fourth-order valence-corrected chi connectivity index (χ4v) is 4.02. The largest absolute Gasteiger partial charge is 0.404 e. The predicted octanol–water partition coefficient (Wildman–Crippen LogP) is 4.09. The molecule has 2 rings (SSSR count). The molecular formula is C17H30O3Si. The van der Waals surface area contributed by atoms with Crippen molar-refractivity contribution >= 4 is 14.1 Å². The second kappa shape index (κ2) is 5.97. The first-order chi connectivity index (χ1) is 9.67. The number of rotatable bonds is 5. The van der Waals surface area contributed by atoms with E-state index in [1.807, 2.05) is 6.08 Å². The quantitative estimate of drug-likeness (QED) is 0.567. The maximum absolute atomic E-state index is 12.9. The molecule has 2 aliphatic rings. The second-order valence-corrected chi connectivity index (χ2v) is 12.7. The summed E-state index contributed by atoms with van der Waals surface area (Å²) in [6.07, 6.45) is 6.60. The number of hydrogen-bond donors (Lipinski definition) is 0. The molecule has 0 N–H and O–H groups in total. The summed E-state index contributed by atoms with van der Waals surface area (Å²) in [6.45, 7) is 13.2. The number of ketones is 1. The summed E-state index contributed by atoms with van der Waals surface area (Å²) in [6, 6.07) is 0. The van der Waals surface area contributed by atoms with E-state index >= 15 is 0 Å². The minimum Gasteiger partial charge on any atom is -0.404 e. The molecule has 0 radical (unpaired) electrons. The summed E-state index contributed by atoms with van der Waals surface area (Å²) in [7, 11) is -1.97. The van der Waals surface area contributed by atoms with Crippen molar-refractivity contribution in [1.29, 1.82) is 0 Å². The van der Waals surface area contributed by atoms with Gasteiger partial charge in [0.15, 0.2) is 14.1 Å². The molecule has 0 unspecified atom stereocenters. The van der Waals surface area contributed by atoms with Gasteiger partial charge in [0.05, 0.1) is 12.0 Å². The van der Waals surface area contributed by atoms with Crippen molar-refractivity contribution in [2.75, 3.05) is 0 Å². The third-order valence-corrected chi connectivity index (χ3v) is 9.70. The summed E-state index contributed by atoms with van der Waals surface area (Å²) in [5, 5.41) is 0.103. The first kappa shape index (κ1) is 16.9. The average Bonchev–Trinajstić information content (AvgIpc) is 2.79. The second-order valence-electron chi connectivity index (χ2n) is 7.90. The van der Waals surface area contributed by atoms with Crippen LogP contribution in [0.2, 0.25) is 18.1 Å². The van der Waals surface area contributed by atoms with E-state index in [-0.39, 0.29) is 28.9 Å². The van der Waals surface area contributed by atoms with E-state index in [1.165, 1.54) is 0 Å². The van der Waals surface area contributed by atoms with Crippen LogP contribution in [0.15, 0.2) is 12.2 Å². The predicted molar refractivity (Wildman–Crippen MR) is 87.9 cm³/mol. The van der Waals surface area contributed by atoms with Crippen molar-refractivity contribution in [2.24, 2.45) is 5.92 Å². The van der Waals surface area contributed by atoms with E-state index in [1.54, 1.807) is 0 Å². The van der Waals surface area contributed by atoms with Crippen LogP contribution < -0.4 is 0 Å². The highest BCUT2D eigenvalue weighted by molar-refractivity contribution is 6.74. The normalized spacial score (nSPS) is 32.8. The van der Waals surface area contributed by atoms with Crippen LogP contribution in [-0.4, -0.2) is 32.4 Å². The molecule has 3 nitrogen and oxygen atoms in total. The van der Waals surface area contributed by atoms with Crippen molar-refractivity contribution in [3.8, 4) is 0 Å². The number of Topliss-reactive ketones (excluding diaryl/α,β-unsaturated/α-hetero) is 1. The number of fused-ring (bicyclic) bond motifs is 2. The van der Waals surface area contributed by atoms with E-state index < -0.39 is 14.4 Å². The molecular weight excluding hydrogens is 280 g/mol. The van der Waals surface area contributed by atoms with Gasteiger partial charge in [-0.1, -0.05) is 52.7 Å². The summed E-state index contributed by atoms with van der Waals surface area (Å²) in [5.74, 6) is 0.245. The van der Waals surface area contributed by atoms with E-state index in [0.29, 0.717) is 0 Å². The van der Waals surface area contributed by atoms with Crippen LogP contribution >= 0.6 is 0 Å². The Labute approximate surface area is 130 Å². The van der Waals surface area contributed by atoms with Crippen LogP contribution in [0, 0.1) is 5.92 Å². The third kappa shape index (κ3) is 3.32. The smallest absolute Gasteiger partial charge is 0.193 e. The third-order valence-electron chi connectivity index (χ3n) is 5.24. The van der Waals surface area contributed by atoms with Crippen LogP contribution in [0.1, 0.15) is 47.0 Å². The lowest BCUT2D eigenvalue weighted by atomic mass is 9.87. The molecule has 120 valence electrons. The summed E-state index contributed by atoms with van der Waals surface area (Å²) < 4.78 is 12.4. The number of hydrogen-bond acceptors (Lipinski definition) is 3. The fourth-order valence-electron chi connectivity index (χ4n) is 2.78. The van der Waals surface area contributed by atoms with Crippen molar-refractivity contribution in [3.05, 3.63) is 12.2 Å². The molecule has 0 aromatic carbocycles. The first-order valence-electron chi connectivity index (χ1n) is 8.22. The number of ether oxygens (including phenoxy) is 1. The van der Waals surface area contributed by atoms with Gasteiger partial charge in [0, 0.05) is 0 Å². The van der Waals surface area contributed by atoms with E-state index in [4.69, 9.17) is 9.16 Å². The maximum Gasteiger partial charge on any atom is 0.193 e. The SMILES string of the molecule is CCCC[C@H]1C(=O)[C@@H](O[Si](C)(C)C(C)(C)C)[C@H]2C=C[C@@H]1O2. The molecule has 1 fully saturated rings. The van der Waals surface area contributed by atoms with Gasteiger partial charge in [-0.05, 0) is 24.6 Å². The van der Waals surface area contributed by atoms with E-state index in [2.05, 4.69) is 46.9 Å². The Morgan fingerprint density at radius 1 is 1.24 bits per heavy atom. The van der Waals surface area contributed by atoms with Gasteiger partial charge < -0.3 is 9.16 Å². The number of unbranched alkanes of at least 4 members (excludes halogenated alkanes) is 1. The van der Waals surface area contributed by atoms with Gasteiger partial charge in [-0.2, -0.15) is 0 Å². The zero-order valence-electron chi connectivity index (χ0n) is 14.3. The Hall–Kier alpha value is -0.453. The molecule has 1 saturated heterocycles. The van der Waals surface area contributed by atoms with E-state index in [0.717, 1.165) is 19.3 Å².